The number of unbranched alkanes of at least 4 members (excludes halogenated alkanes) is 1. The smallest absolute Gasteiger partial charge is 0.500 e. The molecule has 9 heteroatoms. The van der Waals surface area contributed by atoms with Crippen molar-refractivity contribution < 1.29 is 22.5 Å². The van der Waals surface area contributed by atoms with Crippen LogP contribution in [-0.2, 0) is 17.7 Å². The van der Waals surface area contributed by atoms with Gasteiger partial charge in [-0.3, -0.25) is 0 Å². The molecule has 0 aliphatic carbocycles. The summed E-state index contributed by atoms with van der Waals surface area (Å²) in [6.45, 7) is 16.5. The second-order valence-electron chi connectivity index (χ2n) is 8.33. The lowest BCUT2D eigenvalue weighted by Crippen LogP contribution is -2.53. The Bertz CT molecular complexity index is 430. The number of hydrogen-bond acceptors (Lipinski definition) is 5. The largest absolute Gasteiger partial charge is 0.504 e. The molecular formula is C19H45NO5Si3. The first-order valence-corrected chi connectivity index (χ1v) is 18.7. The average Bonchev–Trinajstić information content (AvgIpc) is 2.67. The molecule has 0 heterocycles. The quantitative estimate of drug-likeness (QED) is 0.236. The van der Waals surface area contributed by atoms with Gasteiger partial charge in [0.05, 0.1) is 0 Å². The highest BCUT2D eigenvalue weighted by atomic mass is 28.4. The fourth-order valence-electron chi connectivity index (χ4n) is 3.25. The van der Waals surface area contributed by atoms with E-state index in [-0.39, 0.29) is 6.09 Å². The second-order valence-corrected chi connectivity index (χ2v) is 20.9. The van der Waals surface area contributed by atoms with Crippen LogP contribution in [0, 0.1) is 0 Å². The molecule has 6 nitrogen and oxygen atoms in total. The van der Waals surface area contributed by atoms with E-state index in [9.17, 15) is 4.79 Å². The maximum atomic E-state index is 13.0. The van der Waals surface area contributed by atoms with E-state index in [4.69, 9.17) is 17.7 Å². The van der Waals surface area contributed by atoms with Crippen LogP contribution in [0.15, 0.2) is 0 Å². The molecule has 1 amide bonds. The summed E-state index contributed by atoms with van der Waals surface area (Å²) in [6, 6.07) is 3.72. The van der Waals surface area contributed by atoms with Gasteiger partial charge in [0.2, 0.25) is 0 Å². The monoisotopic (exact) mass is 451 g/mol. The van der Waals surface area contributed by atoms with E-state index in [1.165, 1.54) is 0 Å². The number of carbonyl (C=O) groups is 1. The SMILES string of the molecule is CCCO[Si](CCCCN(C(=O)O[Si](CC)(CC)CC)[Si](C)(C)C)(OC)OC. The third-order valence-electron chi connectivity index (χ3n) is 5.53. The molecule has 28 heavy (non-hydrogen) atoms. The molecule has 0 aromatic carbocycles. The molecule has 0 aromatic rings. The van der Waals surface area contributed by atoms with Gasteiger partial charge < -0.3 is 22.3 Å². The van der Waals surface area contributed by atoms with Gasteiger partial charge in [0.25, 0.3) is 8.32 Å². The Morgan fingerprint density at radius 2 is 1.43 bits per heavy atom. The molecule has 0 saturated carbocycles. The molecule has 0 aliphatic rings. The van der Waals surface area contributed by atoms with Gasteiger partial charge in [-0.1, -0.05) is 47.3 Å². The van der Waals surface area contributed by atoms with Crippen LogP contribution in [0.5, 0.6) is 0 Å². The zero-order valence-electron chi connectivity index (χ0n) is 19.9. The molecule has 0 saturated heterocycles. The predicted molar refractivity (Wildman–Crippen MR) is 124 cm³/mol. The Morgan fingerprint density at radius 3 is 1.82 bits per heavy atom. The fourth-order valence-corrected chi connectivity index (χ4v) is 9.33. The van der Waals surface area contributed by atoms with Crippen molar-refractivity contribution >= 4 is 31.5 Å². The minimum absolute atomic E-state index is 0.0967. The number of hydrogen-bond donors (Lipinski definition) is 0. The predicted octanol–water partition coefficient (Wildman–Crippen LogP) is 5.70. The highest BCUT2D eigenvalue weighted by molar-refractivity contribution is 6.77. The summed E-state index contributed by atoms with van der Waals surface area (Å²) in [4.78, 5) is 13.0. The maximum Gasteiger partial charge on any atom is 0.500 e. The first kappa shape index (κ1) is 27.8. The van der Waals surface area contributed by atoms with E-state index in [0.29, 0.717) is 6.61 Å². The lowest BCUT2D eigenvalue weighted by atomic mass is 10.3. The van der Waals surface area contributed by atoms with Crippen molar-refractivity contribution in [2.45, 2.75) is 90.8 Å². The van der Waals surface area contributed by atoms with Gasteiger partial charge in [-0.25, -0.2) is 4.79 Å². The normalized spacial score (nSPS) is 12.9. The summed E-state index contributed by atoms with van der Waals surface area (Å²) in [5.74, 6) is 0. The van der Waals surface area contributed by atoms with Crippen LogP contribution in [0.4, 0.5) is 4.79 Å². The van der Waals surface area contributed by atoms with E-state index in [0.717, 1.165) is 50.0 Å². The Hall–Kier alpha value is -0.199. The molecule has 0 N–H and O–H groups in total. The third kappa shape index (κ3) is 8.66. The number of amides is 1. The summed E-state index contributed by atoms with van der Waals surface area (Å²) in [6.07, 6.45) is 2.65. The Labute approximate surface area is 176 Å². The van der Waals surface area contributed by atoms with E-state index >= 15 is 0 Å². The zero-order chi connectivity index (χ0) is 21.8. The summed E-state index contributed by atoms with van der Waals surface area (Å²) < 4.78 is 25.3. The zero-order valence-corrected chi connectivity index (χ0v) is 22.9. The molecule has 0 rings (SSSR count). The van der Waals surface area contributed by atoms with Crippen LogP contribution in [0.1, 0.15) is 47.0 Å². The van der Waals surface area contributed by atoms with E-state index in [1.807, 2.05) is 4.57 Å². The van der Waals surface area contributed by atoms with Crippen LogP contribution in [0.25, 0.3) is 0 Å². The Balaban J connectivity index is 4.93. The van der Waals surface area contributed by atoms with Gasteiger partial charge in [0, 0.05) is 33.4 Å². The summed E-state index contributed by atoms with van der Waals surface area (Å²) in [5.41, 5.74) is 0. The van der Waals surface area contributed by atoms with Crippen LogP contribution in [-0.4, -0.2) is 63.4 Å². The number of carbonyl (C=O) groups excluding carboxylic acids is 1. The molecule has 168 valence electrons. The van der Waals surface area contributed by atoms with Crippen molar-refractivity contribution in [2.75, 3.05) is 27.4 Å². The van der Waals surface area contributed by atoms with E-state index < -0.39 is 25.4 Å². The summed E-state index contributed by atoms with van der Waals surface area (Å²) in [5, 5.41) is 0. The minimum atomic E-state index is -2.58. The molecule has 0 atom stereocenters. The Morgan fingerprint density at radius 1 is 0.893 bits per heavy atom. The van der Waals surface area contributed by atoms with Gasteiger partial charge in [-0.15, -0.1) is 0 Å². The molecular weight excluding hydrogens is 406 g/mol. The molecule has 0 radical (unpaired) electrons. The first-order valence-electron chi connectivity index (χ1n) is 10.8. The van der Waals surface area contributed by atoms with Crippen molar-refractivity contribution in [1.29, 1.82) is 0 Å². The number of nitrogens with zero attached hydrogens (tertiary/aromatic N) is 1. The minimum Gasteiger partial charge on any atom is -0.504 e. The van der Waals surface area contributed by atoms with Gasteiger partial charge in [0.15, 0.2) is 8.24 Å². The maximum absolute atomic E-state index is 13.0. The van der Waals surface area contributed by atoms with Gasteiger partial charge in [0.1, 0.15) is 0 Å². The van der Waals surface area contributed by atoms with Crippen LogP contribution in [0.3, 0.4) is 0 Å². The molecule has 0 aliphatic heterocycles. The standard InChI is InChI=1S/C19H45NO5Si3/c1-10-17-24-28(22-5,23-6)18-15-14-16-20(26(7,8)9)19(21)25-27(11-2,12-3)13-4/h10-18H2,1-9H3. The topological polar surface area (TPSA) is 57.2 Å². The summed E-state index contributed by atoms with van der Waals surface area (Å²) in [7, 11) is -3.02. The molecule has 0 unspecified atom stereocenters. The lowest BCUT2D eigenvalue weighted by molar-refractivity contribution is 0.0975. The average molecular weight is 452 g/mol. The highest BCUT2D eigenvalue weighted by Crippen LogP contribution is 2.25. The van der Waals surface area contributed by atoms with Crippen LogP contribution >= 0.6 is 0 Å². The van der Waals surface area contributed by atoms with Crippen molar-refractivity contribution in [3.8, 4) is 0 Å². The second kappa shape index (κ2) is 13.2. The third-order valence-corrected chi connectivity index (χ3v) is 14.9. The van der Waals surface area contributed by atoms with Gasteiger partial charge >= 0.3 is 14.9 Å². The Kier molecular flexibility index (Phi) is 13.1. The van der Waals surface area contributed by atoms with Crippen molar-refractivity contribution in [2.24, 2.45) is 0 Å². The number of rotatable bonds is 15. The fraction of sp³-hybridized carbons (Fsp3) is 0.947. The van der Waals surface area contributed by atoms with E-state index in [2.05, 4.69) is 47.3 Å². The lowest BCUT2D eigenvalue weighted by Gasteiger charge is -2.38. The van der Waals surface area contributed by atoms with Gasteiger partial charge in [-0.2, -0.15) is 0 Å². The molecule has 0 bridgehead atoms. The highest BCUT2D eigenvalue weighted by Gasteiger charge is 2.39. The molecule has 0 spiro atoms. The molecule has 0 fully saturated rings. The first-order chi connectivity index (χ1) is 13.1. The van der Waals surface area contributed by atoms with Crippen molar-refractivity contribution in [1.82, 2.24) is 4.57 Å². The van der Waals surface area contributed by atoms with Crippen LogP contribution < -0.4 is 0 Å². The van der Waals surface area contributed by atoms with Crippen LogP contribution in [0.2, 0.25) is 43.8 Å². The van der Waals surface area contributed by atoms with Gasteiger partial charge in [-0.05, 0) is 37.4 Å². The van der Waals surface area contributed by atoms with Crippen molar-refractivity contribution in [3.63, 3.8) is 0 Å². The van der Waals surface area contributed by atoms with Crippen molar-refractivity contribution in [3.05, 3.63) is 0 Å². The van der Waals surface area contributed by atoms with E-state index in [1.54, 1.807) is 14.2 Å². The summed E-state index contributed by atoms with van der Waals surface area (Å²) >= 11 is 0. The molecule has 0 aromatic heterocycles.